The molecule has 0 saturated heterocycles. The van der Waals surface area contributed by atoms with E-state index < -0.39 is 0 Å². The second-order valence-electron chi connectivity index (χ2n) is 3.72. The van der Waals surface area contributed by atoms with Crippen LogP contribution in [0.2, 0.25) is 0 Å². The number of nitrogens with zero attached hydrogens (tertiary/aromatic N) is 2. The SMILES string of the molecule is CC(=O)N(C)CCc1ccccn1.CCC. The fourth-order valence-corrected chi connectivity index (χ4v) is 0.986. The van der Waals surface area contributed by atoms with Crippen LogP contribution in [0.3, 0.4) is 0 Å². The largest absolute Gasteiger partial charge is 0.346 e. The van der Waals surface area contributed by atoms with Crippen LogP contribution in [0.5, 0.6) is 0 Å². The molecule has 0 bridgehead atoms. The van der Waals surface area contributed by atoms with Gasteiger partial charge in [-0.25, -0.2) is 0 Å². The van der Waals surface area contributed by atoms with Gasteiger partial charge in [-0.15, -0.1) is 0 Å². The zero-order valence-electron chi connectivity index (χ0n) is 10.7. The van der Waals surface area contributed by atoms with Gasteiger partial charge in [-0.2, -0.15) is 0 Å². The van der Waals surface area contributed by atoms with Gasteiger partial charge in [0.1, 0.15) is 0 Å². The van der Waals surface area contributed by atoms with Gasteiger partial charge in [0.15, 0.2) is 0 Å². The Morgan fingerprint density at radius 2 is 2.00 bits per heavy atom. The van der Waals surface area contributed by atoms with Crippen molar-refractivity contribution in [2.45, 2.75) is 33.6 Å². The Balaban J connectivity index is 0.000000673. The zero-order valence-corrected chi connectivity index (χ0v) is 10.7. The Kier molecular flexibility index (Phi) is 8.12. The molecule has 0 aliphatic rings. The first kappa shape index (κ1) is 14.6. The minimum absolute atomic E-state index is 0.0935. The Bertz CT molecular complexity index is 285. The maximum atomic E-state index is 10.9. The summed E-state index contributed by atoms with van der Waals surface area (Å²) in [6, 6.07) is 5.81. The first-order valence-corrected chi connectivity index (χ1v) is 5.73. The van der Waals surface area contributed by atoms with Crippen LogP contribution in [0.15, 0.2) is 24.4 Å². The Morgan fingerprint density at radius 1 is 1.38 bits per heavy atom. The molecular weight excluding hydrogens is 200 g/mol. The van der Waals surface area contributed by atoms with Crippen LogP contribution >= 0.6 is 0 Å². The number of hydrogen-bond acceptors (Lipinski definition) is 2. The molecule has 1 aromatic heterocycles. The average Bonchev–Trinajstić information content (AvgIpc) is 2.28. The minimum Gasteiger partial charge on any atom is -0.346 e. The molecule has 0 aliphatic heterocycles. The molecule has 1 rings (SSSR count). The van der Waals surface area contributed by atoms with Crippen LogP contribution in [0, 0.1) is 0 Å². The molecule has 0 N–H and O–H groups in total. The van der Waals surface area contributed by atoms with Gasteiger partial charge < -0.3 is 4.90 Å². The van der Waals surface area contributed by atoms with E-state index in [1.807, 2.05) is 18.2 Å². The molecule has 0 saturated carbocycles. The number of carbonyl (C=O) groups is 1. The third-order valence-corrected chi connectivity index (χ3v) is 1.97. The highest BCUT2D eigenvalue weighted by molar-refractivity contribution is 5.72. The number of amides is 1. The molecule has 1 aromatic rings. The van der Waals surface area contributed by atoms with Gasteiger partial charge in [0, 0.05) is 38.8 Å². The minimum atomic E-state index is 0.0935. The number of likely N-dealkylation sites (N-methyl/N-ethyl adjacent to an activating group) is 1. The lowest BCUT2D eigenvalue weighted by Crippen LogP contribution is -2.26. The van der Waals surface area contributed by atoms with Crippen LogP contribution in [0.25, 0.3) is 0 Å². The van der Waals surface area contributed by atoms with Crippen molar-refractivity contribution in [1.82, 2.24) is 9.88 Å². The van der Waals surface area contributed by atoms with Gasteiger partial charge in [-0.3, -0.25) is 9.78 Å². The van der Waals surface area contributed by atoms with Gasteiger partial charge >= 0.3 is 0 Å². The molecule has 3 nitrogen and oxygen atoms in total. The number of hydrogen-bond donors (Lipinski definition) is 0. The second-order valence-corrected chi connectivity index (χ2v) is 3.72. The molecule has 1 heterocycles. The molecule has 1 amide bonds. The summed E-state index contributed by atoms with van der Waals surface area (Å²) in [7, 11) is 1.80. The molecule has 3 heteroatoms. The highest BCUT2D eigenvalue weighted by atomic mass is 16.2. The summed E-state index contributed by atoms with van der Waals surface area (Å²) in [6.45, 7) is 6.55. The summed E-state index contributed by atoms with van der Waals surface area (Å²) in [4.78, 5) is 16.7. The molecule has 0 spiro atoms. The predicted molar refractivity (Wildman–Crippen MR) is 67.2 cm³/mol. The van der Waals surface area contributed by atoms with Crippen molar-refractivity contribution in [2.75, 3.05) is 13.6 Å². The molecule has 0 aromatic carbocycles. The summed E-state index contributed by atoms with van der Waals surface area (Å²) in [6.07, 6.45) is 3.83. The number of rotatable bonds is 3. The summed E-state index contributed by atoms with van der Waals surface area (Å²) < 4.78 is 0. The van der Waals surface area contributed by atoms with E-state index in [2.05, 4.69) is 18.8 Å². The van der Waals surface area contributed by atoms with Crippen LogP contribution in [0.4, 0.5) is 0 Å². The van der Waals surface area contributed by atoms with E-state index in [9.17, 15) is 4.79 Å². The van der Waals surface area contributed by atoms with Crippen molar-refractivity contribution in [3.8, 4) is 0 Å². The van der Waals surface area contributed by atoms with E-state index in [-0.39, 0.29) is 5.91 Å². The predicted octanol–water partition coefficient (Wildman–Crippen LogP) is 2.52. The van der Waals surface area contributed by atoms with Gasteiger partial charge in [0.05, 0.1) is 0 Å². The zero-order chi connectivity index (χ0) is 12.4. The first-order chi connectivity index (χ1) is 7.61. The van der Waals surface area contributed by atoms with Gasteiger partial charge in [-0.05, 0) is 12.1 Å². The Labute approximate surface area is 98.5 Å². The normalized spacial score (nSPS) is 9.00. The molecule has 0 unspecified atom stereocenters. The van der Waals surface area contributed by atoms with Gasteiger partial charge in [0.25, 0.3) is 0 Å². The van der Waals surface area contributed by atoms with Crippen molar-refractivity contribution in [3.05, 3.63) is 30.1 Å². The van der Waals surface area contributed by atoms with Crippen LogP contribution < -0.4 is 0 Å². The van der Waals surface area contributed by atoms with Crippen molar-refractivity contribution in [3.63, 3.8) is 0 Å². The highest BCUT2D eigenvalue weighted by Gasteiger charge is 2.01. The lowest BCUT2D eigenvalue weighted by molar-refractivity contribution is -0.127. The lowest BCUT2D eigenvalue weighted by Gasteiger charge is -2.13. The quantitative estimate of drug-likeness (QED) is 0.787. The smallest absolute Gasteiger partial charge is 0.219 e. The Hall–Kier alpha value is -1.38. The second kappa shape index (κ2) is 8.89. The maximum Gasteiger partial charge on any atom is 0.219 e. The van der Waals surface area contributed by atoms with E-state index in [1.54, 1.807) is 25.1 Å². The summed E-state index contributed by atoms with van der Waals surface area (Å²) in [5.74, 6) is 0.0935. The molecule has 90 valence electrons. The number of pyridine rings is 1. The van der Waals surface area contributed by atoms with Crippen LogP contribution in [-0.4, -0.2) is 29.4 Å². The molecule has 0 radical (unpaired) electrons. The molecule has 0 aliphatic carbocycles. The monoisotopic (exact) mass is 222 g/mol. The third kappa shape index (κ3) is 6.98. The van der Waals surface area contributed by atoms with E-state index in [1.165, 1.54) is 6.42 Å². The fraction of sp³-hybridized carbons (Fsp3) is 0.538. The van der Waals surface area contributed by atoms with Crippen LogP contribution in [0.1, 0.15) is 32.9 Å². The third-order valence-electron chi connectivity index (χ3n) is 1.97. The molecule has 16 heavy (non-hydrogen) atoms. The van der Waals surface area contributed by atoms with Gasteiger partial charge in [0.2, 0.25) is 5.91 Å². The van der Waals surface area contributed by atoms with Crippen molar-refractivity contribution in [2.24, 2.45) is 0 Å². The van der Waals surface area contributed by atoms with Gasteiger partial charge in [-0.1, -0.05) is 26.3 Å². The van der Waals surface area contributed by atoms with Crippen LogP contribution in [-0.2, 0) is 11.2 Å². The molecule has 0 fully saturated rings. The van der Waals surface area contributed by atoms with E-state index in [0.717, 1.165) is 18.7 Å². The topological polar surface area (TPSA) is 33.2 Å². The first-order valence-electron chi connectivity index (χ1n) is 5.73. The fourth-order valence-electron chi connectivity index (χ4n) is 0.986. The number of carbonyl (C=O) groups excluding carboxylic acids is 1. The summed E-state index contributed by atoms with van der Waals surface area (Å²) in [5.41, 5.74) is 1.02. The number of aromatic nitrogens is 1. The van der Waals surface area contributed by atoms with E-state index in [4.69, 9.17) is 0 Å². The maximum absolute atomic E-state index is 10.9. The standard InChI is InChI=1S/C10H14N2O.C3H8/c1-9(13)12(2)8-6-10-5-3-4-7-11-10;1-3-2/h3-5,7H,6,8H2,1-2H3;3H2,1-2H3. The van der Waals surface area contributed by atoms with E-state index in [0.29, 0.717) is 0 Å². The van der Waals surface area contributed by atoms with Crippen molar-refractivity contribution in [1.29, 1.82) is 0 Å². The molecule has 0 atom stereocenters. The lowest BCUT2D eigenvalue weighted by atomic mass is 10.2. The van der Waals surface area contributed by atoms with Crippen molar-refractivity contribution < 1.29 is 4.79 Å². The van der Waals surface area contributed by atoms with Crippen molar-refractivity contribution >= 4 is 5.91 Å². The van der Waals surface area contributed by atoms with E-state index >= 15 is 0 Å². The Morgan fingerprint density at radius 3 is 2.44 bits per heavy atom. The summed E-state index contributed by atoms with van der Waals surface area (Å²) in [5, 5.41) is 0. The molecular formula is C13H22N2O. The summed E-state index contributed by atoms with van der Waals surface area (Å²) >= 11 is 0. The highest BCUT2D eigenvalue weighted by Crippen LogP contribution is 1.96. The average molecular weight is 222 g/mol.